The maximum absolute atomic E-state index is 5.86. The summed E-state index contributed by atoms with van der Waals surface area (Å²) in [7, 11) is 3.86. The molecule has 5 heteroatoms. The van der Waals surface area contributed by atoms with Crippen LogP contribution in [0, 0.1) is 0 Å². The summed E-state index contributed by atoms with van der Waals surface area (Å²) < 4.78 is 0. The third-order valence-corrected chi connectivity index (χ3v) is 2.31. The van der Waals surface area contributed by atoms with Gasteiger partial charge in [-0.05, 0) is 17.7 Å². The van der Waals surface area contributed by atoms with Crippen LogP contribution in [0.25, 0.3) is 0 Å². The van der Waals surface area contributed by atoms with Gasteiger partial charge in [-0.25, -0.2) is 0 Å². The molecule has 0 saturated heterocycles. The predicted octanol–water partition coefficient (Wildman–Crippen LogP) is 3.51. The van der Waals surface area contributed by atoms with Crippen LogP contribution in [0.15, 0.2) is 23.2 Å². The quantitative estimate of drug-likeness (QED) is 0.604. The van der Waals surface area contributed by atoms with Gasteiger partial charge < -0.3 is 4.90 Å². The van der Waals surface area contributed by atoms with Crippen molar-refractivity contribution < 1.29 is 0 Å². The molecular weight excluding hydrogens is 254 g/mol. The van der Waals surface area contributed by atoms with Gasteiger partial charge in [0.2, 0.25) is 0 Å². The number of benzene rings is 1. The number of rotatable bonds is 3. The highest BCUT2D eigenvalue weighted by atomic mass is 35.5. The van der Waals surface area contributed by atoms with E-state index in [9.17, 15) is 0 Å². The predicted molar refractivity (Wildman–Crippen MR) is 69.6 cm³/mol. The van der Waals surface area contributed by atoms with Gasteiger partial charge in [-0.3, -0.25) is 4.99 Å². The first-order valence-electron chi connectivity index (χ1n) is 4.20. The zero-order chi connectivity index (χ0) is 10.6. The second kappa shape index (κ2) is 6.94. The summed E-state index contributed by atoms with van der Waals surface area (Å²) in [6.07, 6.45) is 1.77. The lowest BCUT2D eigenvalue weighted by Crippen LogP contribution is -2.07. The number of aliphatic imine (C=N–C) groups is 1. The minimum atomic E-state index is 0. The van der Waals surface area contributed by atoms with Crippen molar-refractivity contribution in [2.45, 2.75) is 6.54 Å². The average Bonchev–Trinajstić information content (AvgIpc) is 2.10. The van der Waals surface area contributed by atoms with Gasteiger partial charge in [-0.1, -0.05) is 29.3 Å². The molecule has 0 aromatic heterocycles. The molecule has 0 bridgehead atoms. The molecule has 2 nitrogen and oxygen atoms in total. The average molecular weight is 268 g/mol. The third kappa shape index (κ3) is 5.26. The van der Waals surface area contributed by atoms with Crippen LogP contribution in [0.4, 0.5) is 0 Å². The van der Waals surface area contributed by atoms with Crippen molar-refractivity contribution in [2.24, 2.45) is 4.99 Å². The fraction of sp³-hybridized carbons (Fsp3) is 0.300. The van der Waals surface area contributed by atoms with E-state index in [-0.39, 0.29) is 12.4 Å². The Bertz CT molecular complexity index is 337. The molecule has 0 amide bonds. The molecule has 0 saturated carbocycles. The van der Waals surface area contributed by atoms with E-state index in [0.29, 0.717) is 16.6 Å². The smallest absolute Gasteiger partial charge is 0.0848 e. The molecule has 0 fully saturated rings. The molecule has 0 atom stereocenters. The molecular formula is C10H13Cl3N2. The summed E-state index contributed by atoms with van der Waals surface area (Å²) in [5.74, 6) is 0. The van der Waals surface area contributed by atoms with E-state index in [1.165, 1.54) is 0 Å². The fourth-order valence-corrected chi connectivity index (χ4v) is 1.27. The Kier molecular flexibility index (Phi) is 6.73. The van der Waals surface area contributed by atoms with Crippen molar-refractivity contribution in [3.8, 4) is 0 Å². The summed E-state index contributed by atoms with van der Waals surface area (Å²) in [4.78, 5) is 6.10. The van der Waals surface area contributed by atoms with Crippen molar-refractivity contribution in [1.29, 1.82) is 0 Å². The van der Waals surface area contributed by atoms with Crippen LogP contribution in [0.5, 0.6) is 0 Å². The van der Waals surface area contributed by atoms with E-state index in [0.717, 1.165) is 5.56 Å². The Hall–Kier alpha value is -0.440. The molecule has 0 N–H and O–H groups in total. The van der Waals surface area contributed by atoms with Crippen LogP contribution < -0.4 is 0 Å². The molecule has 84 valence electrons. The maximum atomic E-state index is 5.86. The van der Waals surface area contributed by atoms with Crippen LogP contribution >= 0.6 is 35.6 Å². The van der Waals surface area contributed by atoms with Gasteiger partial charge in [-0.15, -0.1) is 12.4 Å². The Balaban J connectivity index is 0.00000196. The molecule has 0 aliphatic rings. The van der Waals surface area contributed by atoms with Crippen LogP contribution in [0.3, 0.4) is 0 Å². The summed E-state index contributed by atoms with van der Waals surface area (Å²) in [5, 5.41) is 1.15. The van der Waals surface area contributed by atoms with Crippen molar-refractivity contribution in [3.63, 3.8) is 0 Å². The molecule has 1 rings (SSSR count). The van der Waals surface area contributed by atoms with Crippen LogP contribution in [-0.4, -0.2) is 25.3 Å². The van der Waals surface area contributed by atoms with Gasteiger partial charge >= 0.3 is 0 Å². The lowest BCUT2D eigenvalue weighted by atomic mass is 10.2. The number of nitrogens with zero attached hydrogens (tertiary/aromatic N) is 2. The maximum Gasteiger partial charge on any atom is 0.0848 e. The first kappa shape index (κ1) is 14.6. The van der Waals surface area contributed by atoms with E-state index in [1.807, 2.05) is 31.1 Å². The molecule has 0 spiro atoms. The highest BCUT2D eigenvalue weighted by molar-refractivity contribution is 6.42. The molecule has 15 heavy (non-hydrogen) atoms. The topological polar surface area (TPSA) is 15.6 Å². The van der Waals surface area contributed by atoms with E-state index in [2.05, 4.69) is 4.99 Å². The molecule has 0 unspecified atom stereocenters. The normalized spacial score (nSPS) is 10.1. The standard InChI is InChI=1S/C10H12Cl2N2.ClH/c1-14(2)7-13-6-8-3-4-9(11)10(12)5-8;/h3-5,7H,6H2,1-2H3;1H. The van der Waals surface area contributed by atoms with Crippen molar-refractivity contribution in [1.82, 2.24) is 4.90 Å². The van der Waals surface area contributed by atoms with Gasteiger partial charge in [0, 0.05) is 14.1 Å². The fourth-order valence-electron chi connectivity index (χ4n) is 0.948. The monoisotopic (exact) mass is 266 g/mol. The lowest BCUT2D eigenvalue weighted by Gasteiger charge is -2.03. The minimum Gasteiger partial charge on any atom is -0.369 e. The van der Waals surface area contributed by atoms with Crippen molar-refractivity contribution in [3.05, 3.63) is 33.8 Å². The highest BCUT2D eigenvalue weighted by Crippen LogP contribution is 2.22. The Morgan fingerprint density at radius 1 is 1.27 bits per heavy atom. The summed E-state index contributed by atoms with van der Waals surface area (Å²) in [5.41, 5.74) is 1.05. The van der Waals surface area contributed by atoms with Gasteiger partial charge in [-0.2, -0.15) is 0 Å². The molecule has 0 radical (unpaired) electrons. The molecule has 0 aliphatic heterocycles. The molecule has 1 aromatic carbocycles. The van der Waals surface area contributed by atoms with E-state index >= 15 is 0 Å². The first-order chi connectivity index (χ1) is 6.59. The second-order valence-electron chi connectivity index (χ2n) is 3.17. The highest BCUT2D eigenvalue weighted by Gasteiger charge is 1.97. The van der Waals surface area contributed by atoms with Gasteiger partial charge in [0.1, 0.15) is 0 Å². The number of hydrogen-bond donors (Lipinski definition) is 0. The Morgan fingerprint density at radius 2 is 1.93 bits per heavy atom. The van der Waals surface area contributed by atoms with Crippen LogP contribution in [-0.2, 0) is 6.54 Å². The summed E-state index contributed by atoms with van der Waals surface area (Å²) in [6.45, 7) is 0.620. The van der Waals surface area contributed by atoms with Crippen LogP contribution in [0.2, 0.25) is 10.0 Å². The second-order valence-corrected chi connectivity index (χ2v) is 3.98. The lowest BCUT2D eigenvalue weighted by molar-refractivity contribution is 0.638. The Labute approximate surface area is 106 Å². The minimum absolute atomic E-state index is 0. The van der Waals surface area contributed by atoms with Gasteiger partial charge in [0.05, 0.1) is 22.9 Å². The molecule has 1 aromatic rings. The summed E-state index contributed by atoms with van der Waals surface area (Å²) in [6, 6.07) is 5.53. The first-order valence-corrected chi connectivity index (χ1v) is 4.95. The zero-order valence-electron chi connectivity index (χ0n) is 8.58. The van der Waals surface area contributed by atoms with Crippen LogP contribution in [0.1, 0.15) is 5.56 Å². The largest absolute Gasteiger partial charge is 0.369 e. The number of halogens is 3. The van der Waals surface area contributed by atoms with Gasteiger partial charge in [0.25, 0.3) is 0 Å². The SMILES string of the molecule is CN(C)C=NCc1ccc(Cl)c(Cl)c1.Cl. The van der Waals surface area contributed by atoms with E-state index in [1.54, 1.807) is 12.4 Å². The molecule has 0 heterocycles. The van der Waals surface area contributed by atoms with Crippen molar-refractivity contribution in [2.75, 3.05) is 14.1 Å². The number of hydrogen-bond acceptors (Lipinski definition) is 1. The van der Waals surface area contributed by atoms with Crippen molar-refractivity contribution >= 4 is 41.9 Å². The van der Waals surface area contributed by atoms with E-state index in [4.69, 9.17) is 23.2 Å². The summed E-state index contributed by atoms with van der Waals surface area (Å²) >= 11 is 11.6. The van der Waals surface area contributed by atoms with E-state index < -0.39 is 0 Å². The molecule has 0 aliphatic carbocycles. The third-order valence-electron chi connectivity index (χ3n) is 1.57. The Morgan fingerprint density at radius 3 is 2.47 bits per heavy atom. The van der Waals surface area contributed by atoms with Gasteiger partial charge in [0.15, 0.2) is 0 Å². The zero-order valence-corrected chi connectivity index (χ0v) is 10.9.